The van der Waals surface area contributed by atoms with Gasteiger partial charge in [-0.15, -0.1) is 0 Å². The van der Waals surface area contributed by atoms with E-state index in [9.17, 15) is 0 Å². The number of nitrogens with zero attached hydrogens (tertiary/aromatic N) is 3. The van der Waals surface area contributed by atoms with Gasteiger partial charge in [-0.2, -0.15) is 0 Å². The monoisotopic (exact) mass is 575 g/mol. The van der Waals surface area contributed by atoms with Gasteiger partial charge in [-0.1, -0.05) is 133 Å². The highest BCUT2D eigenvalue weighted by Gasteiger charge is 2.21. The first-order valence-corrected chi connectivity index (χ1v) is 15.0. The van der Waals surface area contributed by atoms with Gasteiger partial charge in [-0.25, -0.2) is 15.0 Å². The van der Waals surface area contributed by atoms with Crippen LogP contribution in [0.4, 0.5) is 0 Å². The molecule has 0 bridgehead atoms. The molecule has 0 aliphatic rings. The van der Waals surface area contributed by atoms with E-state index in [2.05, 4.69) is 91.0 Å². The van der Waals surface area contributed by atoms with Gasteiger partial charge in [0.1, 0.15) is 11.2 Å². The fourth-order valence-electron chi connectivity index (χ4n) is 6.38. The van der Waals surface area contributed by atoms with E-state index in [0.29, 0.717) is 5.82 Å². The van der Waals surface area contributed by atoms with Gasteiger partial charge >= 0.3 is 0 Å². The molecule has 0 saturated heterocycles. The van der Waals surface area contributed by atoms with E-state index in [4.69, 9.17) is 19.4 Å². The van der Waals surface area contributed by atoms with E-state index in [0.717, 1.165) is 77.6 Å². The third-order valence-corrected chi connectivity index (χ3v) is 8.48. The van der Waals surface area contributed by atoms with Crippen molar-refractivity contribution >= 4 is 43.6 Å². The maximum Gasteiger partial charge on any atom is 0.160 e. The van der Waals surface area contributed by atoms with Crippen molar-refractivity contribution in [1.29, 1.82) is 0 Å². The van der Waals surface area contributed by atoms with Gasteiger partial charge in [-0.05, 0) is 29.0 Å². The minimum atomic E-state index is 0.669. The highest BCUT2D eigenvalue weighted by atomic mass is 16.3. The lowest BCUT2D eigenvalue weighted by Crippen LogP contribution is -1.97. The first kappa shape index (κ1) is 25.4. The number of hydrogen-bond acceptors (Lipinski definition) is 4. The first-order chi connectivity index (χ1) is 22.3. The molecule has 210 valence electrons. The number of fused-ring (bicyclic) bond motifs is 6. The summed E-state index contributed by atoms with van der Waals surface area (Å²) in [5, 5.41) is 5.33. The summed E-state index contributed by atoms with van der Waals surface area (Å²) in [6, 6.07) is 51.8. The Morgan fingerprint density at radius 1 is 0.444 bits per heavy atom. The molecule has 4 heteroatoms. The quantitative estimate of drug-likeness (QED) is 0.209. The molecular formula is C41H25N3O. The van der Waals surface area contributed by atoms with Crippen molar-refractivity contribution in [3.05, 3.63) is 152 Å². The van der Waals surface area contributed by atoms with Gasteiger partial charge < -0.3 is 4.42 Å². The molecule has 3 aromatic heterocycles. The highest BCUT2D eigenvalue weighted by Crippen LogP contribution is 2.43. The Hall–Kier alpha value is -6.13. The Morgan fingerprint density at radius 3 is 1.91 bits per heavy atom. The smallest absolute Gasteiger partial charge is 0.160 e. The van der Waals surface area contributed by atoms with E-state index in [1.165, 1.54) is 5.39 Å². The zero-order chi connectivity index (χ0) is 29.7. The van der Waals surface area contributed by atoms with Crippen LogP contribution in [-0.2, 0) is 0 Å². The number of rotatable bonds is 4. The average Bonchev–Trinajstić information content (AvgIpc) is 3.52. The largest absolute Gasteiger partial charge is 0.455 e. The Bertz CT molecular complexity index is 2470. The van der Waals surface area contributed by atoms with Crippen molar-refractivity contribution in [1.82, 2.24) is 15.0 Å². The number of pyridine rings is 1. The molecular weight excluding hydrogens is 550 g/mol. The third-order valence-electron chi connectivity index (χ3n) is 8.48. The van der Waals surface area contributed by atoms with Gasteiger partial charge in [0, 0.05) is 33.0 Å². The molecule has 0 saturated carbocycles. The van der Waals surface area contributed by atoms with E-state index >= 15 is 0 Å². The van der Waals surface area contributed by atoms with Gasteiger partial charge in [-0.3, -0.25) is 0 Å². The normalized spacial score (nSPS) is 11.6. The number of aromatic nitrogens is 3. The molecule has 45 heavy (non-hydrogen) atoms. The van der Waals surface area contributed by atoms with E-state index < -0.39 is 0 Å². The Labute approximate surface area is 259 Å². The fraction of sp³-hybridized carbons (Fsp3) is 0. The second-order valence-corrected chi connectivity index (χ2v) is 11.2. The molecule has 0 atom stereocenters. The molecule has 3 heterocycles. The molecule has 0 N–H and O–H groups in total. The van der Waals surface area contributed by atoms with Crippen LogP contribution in [0.15, 0.2) is 156 Å². The van der Waals surface area contributed by atoms with Gasteiger partial charge in [0.2, 0.25) is 0 Å². The minimum Gasteiger partial charge on any atom is -0.455 e. The topological polar surface area (TPSA) is 51.8 Å². The molecule has 9 rings (SSSR count). The lowest BCUT2D eigenvalue weighted by molar-refractivity contribution is 0.672. The van der Waals surface area contributed by atoms with Gasteiger partial charge in [0.05, 0.1) is 28.0 Å². The average molecular weight is 576 g/mol. The molecule has 0 aliphatic heterocycles. The van der Waals surface area contributed by atoms with Crippen molar-refractivity contribution < 1.29 is 4.42 Å². The van der Waals surface area contributed by atoms with Crippen molar-refractivity contribution in [3.8, 4) is 45.2 Å². The predicted octanol–water partition coefficient (Wildman–Crippen LogP) is 10.7. The van der Waals surface area contributed by atoms with Gasteiger partial charge in [0.15, 0.2) is 5.82 Å². The summed E-state index contributed by atoms with van der Waals surface area (Å²) in [6.07, 6.45) is 0. The maximum atomic E-state index is 6.64. The van der Waals surface area contributed by atoms with Crippen molar-refractivity contribution in [2.24, 2.45) is 0 Å². The van der Waals surface area contributed by atoms with Crippen LogP contribution in [0, 0.1) is 0 Å². The lowest BCUT2D eigenvalue weighted by Gasteiger charge is -2.13. The summed E-state index contributed by atoms with van der Waals surface area (Å²) in [6.45, 7) is 0. The summed E-state index contributed by atoms with van der Waals surface area (Å²) in [4.78, 5) is 15.7. The first-order valence-electron chi connectivity index (χ1n) is 15.0. The summed E-state index contributed by atoms with van der Waals surface area (Å²) < 4.78 is 6.64. The van der Waals surface area contributed by atoms with Crippen LogP contribution < -0.4 is 0 Å². The molecule has 0 amide bonds. The molecule has 4 nitrogen and oxygen atoms in total. The Kier molecular flexibility index (Phi) is 5.78. The van der Waals surface area contributed by atoms with Crippen LogP contribution in [0.25, 0.3) is 88.8 Å². The van der Waals surface area contributed by atoms with E-state index in [1.807, 2.05) is 60.7 Å². The number of para-hydroxylation sites is 2. The summed E-state index contributed by atoms with van der Waals surface area (Å²) in [7, 11) is 0. The van der Waals surface area contributed by atoms with Crippen molar-refractivity contribution in [3.63, 3.8) is 0 Å². The van der Waals surface area contributed by atoms with E-state index in [1.54, 1.807) is 0 Å². The second kappa shape index (κ2) is 10.2. The SMILES string of the molecule is c1ccc(-c2cc(-c3cccc4c3nc(-c3cccc5ccccc35)c3c5ccccc5oc43)nc(-c3ccccc3)n2)cc1. The highest BCUT2D eigenvalue weighted by molar-refractivity contribution is 6.22. The van der Waals surface area contributed by atoms with Crippen LogP contribution in [-0.4, -0.2) is 15.0 Å². The molecule has 0 radical (unpaired) electrons. The maximum absolute atomic E-state index is 6.64. The predicted molar refractivity (Wildman–Crippen MR) is 184 cm³/mol. The number of hydrogen-bond donors (Lipinski definition) is 0. The third kappa shape index (κ3) is 4.19. The Morgan fingerprint density at radius 2 is 1.07 bits per heavy atom. The zero-order valence-electron chi connectivity index (χ0n) is 24.2. The van der Waals surface area contributed by atoms with Crippen LogP contribution in [0.3, 0.4) is 0 Å². The second-order valence-electron chi connectivity index (χ2n) is 11.2. The molecule has 0 unspecified atom stereocenters. The number of furan rings is 1. The van der Waals surface area contributed by atoms with Crippen molar-refractivity contribution in [2.45, 2.75) is 0 Å². The summed E-state index contributed by atoms with van der Waals surface area (Å²) in [5.41, 5.74) is 9.04. The van der Waals surface area contributed by atoms with Crippen molar-refractivity contribution in [2.75, 3.05) is 0 Å². The summed E-state index contributed by atoms with van der Waals surface area (Å²) in [5.74, 6) is 0.669. The van der Waals surface area contributed by atoms with E-state index in [-0.39, 0.29) is 0 Å². The Balaban J connectivity index is 1.39. The molecule has 6 aromatic carbocycles. The fourth-order valence-corrected chi connectivity index (χ4v) is 6.38. The zero-order valence-corrected chi connectivity index (χ0v) is 24.2. The van der Waals surface area contributed by atoms with Crippen LogP contribution in [0.2, 0.25) is 0 Å². The van der Waals surface area contributed by atoms with Gasteiger partial charge in [0.25, 0.3) is 0 Å². The van der Waals surface area contributed by atoms with Crippen LogP contribution in [0.1, 0.15) is 0 Å². The summed E-state index contributed by atoms with van der Waals surface area (Å²) >= 11 is 0. The number of benzene rings is 6. The van der Waals surface area contributed by atoms with Crippen LogP contribution >= 0.6 is 0 Å². The lowest BCUT2D eigenvalue weighted by atomic mass is 9.96. The standard InChI is InChI=1S/C41H25N3O/c1-3-14-27(15-4-1)34-25-35(43-41(42-34)28-16-5-2-6-17-28)31-22-12-23-33-38(31)44-39(30-21-11-18-26-13-7-8-19-29(26)30)37-32-20-9-10-24-36(32)45-40(33)37/h1-25H. The molecule has 0 fully saturated rings. The van der Waals surface area contributed by atoms with Crippen LogP contribution in [0.5, 0.6) is 0 Å². The minimum absolute atomic E-state index is 0.669. The molecule has 0 aliphatic carbocycles. The molecule has 9 aromatic rings. The molecule has 0 spiro atoms.